The van der Waals surface area contributed by atoms with Crippen LogP contribution in [-0.4, -0.2) is 50.3 Å². The Hall–Kier alpha value is -2.06. The van der Waals surface area contributed by atoms with E-state index in [1.807, 2.05) is 11.9 Å². The molecule has 1 aromatic carbocycles. The third kappa shape index (κ3) is 2.72. The normalized spacial score (nSPS) is 20.5. The van der Waals surface area contributed by atoms with Gasteiger partial charge in [0.2, 0.25) is 5.91 Å². The smallest absolute Gasteiger partial charge is 0.230 e. The topological polar surface area (TPSA) is 32.8 Å². The van der Waals surface area contributed by atoms with Crippen molar-refractivity contribution in [3.05, 3.63) is 23.8 Å². The molecule has 5 heteroatoms. The minimum atomic E-state index is -1.42. The van der Waals surface area contributed by atoms with Gasteiger partial charge in [-0.1, -0.05) is 11.8 Å². The van der Waals surface area contributed by atoms with Crippen molar-refractivity contribution in [1.29, 1.82) is 0 Å². The molecule has 0 unspecified atom stereocenters. The Balaban J connectivity index is 1.88. The van der Waals surface area contributed by atoms with Crippen molar-refractivity contribution in [3.8, 4) is 17.6 Å². The van der Waals surface area contributed by atoms with Gasteiger partial charge >= 0.3 is 0 Å². The molecule has 21 heavy (non-hydrogen) atoms. The maximum absolute atomic E-state index is 14.1. The number of rotatable bonds is 0. The second kappa shape index (κ2) is 5.05. The van der Waals surface area contributed by atoms with Crippen LogP contribution in [0.2, 0.25) is 0 Å². The number of carbonyl (C=O) groups is 1. The molecule has 0 N–H and O–H groups in total. The first-order valence-corrected chi connectivity index (χ1v) is 6.91. The van der Waals surface area contributed by atoms with Crippen molar-refractivity contribution in [1.82, 2.24) is 4.90 Å². The molecule has 110 valence electrons. The molecule has 4 nitrogen and oxygen atoms in total. The Bertz CT molecular complexity index is 641. The molecule has 1 aromatic rings. The molecule has 0 aliphatic carbocycles. The zero-order valence-electron chi connectivity index (χ0n) is 12.1. The number of alkyl halides is 1. The third-order valence-electron chi connectivity index (χ3n) is 3.74. The lowest BCUT2D eigenvalue weighted by atomic mass is 9.97. The molecule has 2 aliphatic rings. The highest BCUT2D eigenvalue weighted by molar-refractivity contribution is 5.95. The SMILES string of the molecule is CN1CC(F)(C#Cc2ccc3c(c2)N(C)C(=O)CCO3)C1. The summed E-state index contributed by atoms with van der Waals surface area (Å²) in [5.41, 5.74) is -0.0480. The van der Waals surface area contributed by atoms with Crippen molar-refractivity contribution in [2.24, 2.45) is 0 Å². The fourth-order valence-electron chi connectivity index (χ4n) is 2.60. The molecule has 0 saturated carbocycles. The second-order valence-electron chi connectivity index (χ2n) is 5.62. The number of halogens is 1. The number of ether oxygens (including phenoxy) is 1. The standard InChI is InChI=1S/C16H17FN2O2/c1-18-10-16(17,11-18)7-5-12-3-4-14-13(9-12)19(2)15(20)6-8-21-14/h3-4,9H,6,8,10-11H2,1-2H3. The summed E-state index contributed by atoms with van der Waals surface area (Å²) in [6.45, 7) is 1.06. The van der Waals surface area contributed by atoms with Crippen LogP contribution >= 0.6 is 0 Å². The Labute approximate surface area is 123 Å². The Morgan fingerprint density at radius 3 is 2.81 bits per heavy atom. The van der Waals surface area contributed by atoms with Gasteiger partial charge in [-0.3, -0.25) is 9.69 Å². The number of likely N-dealkylation sites (tertiary alicyclic amines) is 1. The van der Waals surface area contributed by atoms with Crippen molar-refractivity contribution < 1.29 is 13.9 Å². The van der Waals surface area contributed by atoms with E-state index in [2.05, 4.69) is 11.8 Å². The maximum Gasteiger partial charge on any atom is 0.230 e. The molecule has 0 aromatic heterocycles. The van der Waals surface area contributed by atoms with Crippen LogP contribution in [0.25, 0.3) is 0 Å². The van der Waals surface area contributed by atoms with Gasteiger partial charge in [-0.25, -0.2) is 4.39 Å². The highest BCUT2D eigenvalue weighted by Gasteiger charge is 2.39. The number of nitrogens with zero attached hydrogens (tertiary/aromatic N) is 2. The summed E-state index contributed by atoms with van der Waals surface area (Å²) in [6, 6.07) is 5.35. The third-order valence-corrected chi connectivity index (χ3v) is 3.74. The number of benzene rings is 1. The minimum Gasteiger partial charge on any atom is -0.491 e. The summed E-state index contributed by atoms with van der Waals surface area (Å²) in [7, 11) is 3.57. The van der Waals surface area contributed by atoms with Crippen LogP contribution < -0.4 is 9.64 Å². The van der Waals surface area contributed by atoms with E-state index in [0.717, 1.165) is 0 Å². The van der Waals surface area contributed by atoms with Gasteiger partial charge in [-0.05, 0) is 25.2 Å². The second-order valence-corrected chi connectivity index (χ2v) is 5.62. The van der Waals surface area contributed by atoms with Gasteiger partial charge < -0.3 is 9.64 Å². The number of hydrogen-bond donors (Lipinski definition) is 0. The Morgan fingerprint density at radius 1 is 1.33 bits per heavy atom. The molecule has 2 heterocycles. The monoisotopic (exact) mass is 288 g/mol. The van der Waals surface area contributed by atoms with E-state index in [9.17, 15) is 9.18 Å². The zero-order chi connectivity index (χ0) is 15.0. The fourth-order valence-corrected chi connectivity index (χ4v) is 2.60. The quantitative estimate of drug-likeness (QED) is 0.677. The van der Waals surface area contributed by atoms with Crippen molar-refractivity contribution >= 4 is 11.6 Å². The number of amides is 1. The van der Waals surface area contributed by atoms with Crippen molar-refractivity contribution in [2.75, 3.05) is 38.7 Å². The minimum absolute atomic E-state index is 0.00133. The highest BCUT2D eigenvalue weighted by Crippen LogP contribution is 2.31. The number of carbonyl (C=O) groups excluding carboxylic acids is 1. The summed E-state index contributed by atoms with van der Waals surface area (Å²) < 4.78 is 19.6. The van der Waals surface area contributed by atoms with E-state index in [1.54, 1.807) is 30.1 Å². The van der Waals surface area contributed by atoms with E-state index in [4.69, 9.17) is 4.74 Å². The number of anilines is 1. The lowest BCUT2D eigenvalue weighted by Crippen LogP contribution is -2.56. The average molecular weight is 288 g/mol. The van der Waals surface area contributed by atoms with E-state index in [0.29, 0.717) is 43.1 Å². The summed E-state index contributed by atoms with van der Waals surface area (Å²) >= 11 is 0. The van der Waals surface area contributed by atoms with Gasteiger partial charge in [0.05, 0.1) is 18.7 Å². The van der Waals surface area contributed by atoms with Crippen molar-refractivity contribution in [2.45, 2.75) is 12.1 Å². The molecular formula is C16H17FN2O2. The highest BCUT2D eigenvalue weighted by atomic mass is 19.1. The maximum atomic E-state index is 14.1. The molecule has 0 spiro atoms. The van der Waals surface area contributed by atoms with Crippen LogP contribution in [0.3, 0.4) is 0 Å². The Kier molecular flexibility index (Phi) is 3.34. The summed E-state index contributed by atoms with van der Waals surface area (Å²) in [4.78, 5) is 15.3. The fraction of sp³-hybridized carbons (Fsp3) is 0.438. The molecule has 0 atom stereocenters. The molecule has 0 bridgehead atoms. The van der Waals surface area contributed by atoms with Crippen LogP contribution in [0, 0.1) is 11.8 Å². The van der Waals surface area contributed by atoms with Crippen LogP contribution in [0.1, 0.15) is 12.0 Å². The van der Waals surface area contributed by atoms with Crippen molar-refractivity contribution in [3.63, 3.8) is 0 Å². The first-order valence-electron chi connectivity index (χ1n) is 6.91. The van der Waals surface area contributed by atoms with E-state index in [-0.39, 0.29) is 5.91 Å². The van der Waals surface area contributed by atoms with Crippen LogP contribution in [-0.2, 0) is 4.79 Å². The molecule has 1 amide bonds. The largest absolute Gasteiger partial charge is 0.491 e. The lowest BCUT2D eigenvalue weighted by Gasteiger charge is -2.38. The van der Waals surface area contributed by atoms with Gasteiger partial charge in [0, 0.05) is 25.7 Å². The van der Waals surface area contributed by atoms with Crippen LogP contribution in [0.15, 0.2) is 18.2 Å². The molecule has 1 saturated heterocycles. The molecule has 2 aliphatic heterocycles. The van der Waals surface area contributed by atoms with E-state index >= 15 is 0 Å². The first kappa shape index (κ1) is 13.9. The first-order chi connectivity index (χ1) is 9.97. The molecule has 0 radical (unpaired) electrons. The summed E-state index contributed by atoms with van der Waals surface area (Å²) in [5, 5.41) is 0. The van der Waals surface area contributed by atoms with Gasteiger partial charge in [0.1, 0.15) is 5.75 Å². The van der Waals surface area contributed by atoms with Crippen LogP contribution in [0.5, 0.6) is 5.75 Å². The van der Waals surface area contributed by atoms with Gasteiger partial charge in [-0.2, -0.15) is 0 Å². The number of hydrogen-bond acceptors (Lipinski definition) is 3. The van der Waals surface area contributed by atoms with E-state index in [1.165, 1.54) is 0 Å². The number of fused-ring (bicyclic) bond motifs is 1. The summed E-state index contributed by atoms with van der Waals surface area (Å²) in [6.07, 6.45) is 0.353. The predicted octanol–water partition coefficient (Wildman–Crippen LogP) is 1.44. The van der Waals surface area contributed by atoms with Gasteiger partial charge in [-0.15, -0.1) is 0 Å². The molecule has 1 fully saturated rings. The summed E-state index contributed by atoms with van der Waals surface area (Å²) in [5.74, 6) is 6.22. The zero-order valence-corrected chi connectivity index (χ0v) is 12.1. The lowest BCUT2D eigenvalue weighted by molar-refractivity contribution is -0.118. The van der Waals surface area contributed by atoms with Gasteiger partial charge in [0.25, 0.3) is 0 Å². The van der Waals surface area contributed by atoms with Gasteiger partial charge in [0.15, 0.2) is 5.67 Å². The predicted molar refractivity (Wildman–Crippen MR) is 78.2 cm³/mol. The van der Waals surface area contributed by atoms with Crippen LogP contribution in [0.4, 0.5) is 10.1 Å². The molecule has 3 rings (SSSR count). The molecular weight excluding hydrogens is 271 g/mol. The average Bonchev–Trinajstić information content (AvgIpc) is 2.56. The van der Waals surface area contributed by atoms with E-state index < -0.39 is 5.67 Å². The Morgan fingerprint density at radius 2 is 2.10 bits per heavy atom.